The van der Waals surface area contributed by atoms with Crippen LogP contribution in [0.3, 0.4) is 0 Å². The molecule has 138 valence electrons. The van der Waals surface area contributed by atoms with Crippen LogP contribution in [-0.2, 0) is 6.42 Å². The predicted octanol–water partition coefficient (Wildman–Crippen LogP) is 2.75. The minimum absolute atomic E-state index is 0.214. The fourth-order valence-corrected chi connectivity index (χ4v) is 2.87. The molecule has 0 saturated heterocycles. The average molecular weight is 347 g/mol. The second kappa shape index (κ2) is 10.0. The number of aliphatic imine (C=N–C) groups is 1. The first-order valence-electron chi connectivity index (χ1n) is 9.17. The monoisotopic (exact) mass is 347 g/mol. The van der Waals surface area contributed by atoms with E-state index in [0.717, 1.165) is 62.6 Å². The van der Waals surface area contributed by atoms with Gasteiger partial charge in [-0.25, -0.2) is 4.39 Å². The second-order valence-electron chi connectivity index (χ2n) is 5.97. The van der Waals surface area contributed by atoms with Gasteiger partial charge >= 0.3 is 0 Å². The highest BCUT2D eigenvalue weighted by Crippen LogP contribution is 2.19. The molecular weight excluding hydrogens is 317 g/mol. The molecule has 0 fully saturated rings. The van der Waals surface area contributed by atoms with Crippen LogP contribution in [0.25, 0.3) is 10.9 Å². The molecule has 0 spiro atoms. The van der Waals surface area contributed by atoms with Crippen molar-refractivity contribution in [3.63, 3.8) is 0 Å². The number of nitrogens with one attached hydrogen (secondary N) is 3. The Balaban J connectivity index is 1.87. The van der Waals surface area contributed by atoms with Crippen LogP contribution in [0.5, 0.6) is 0 Å². The lowest BCUT2D eigenvalue weighted by Crippen LogP contribution is -2.39. The Morgan fingerprint density at radius 2 is 2.00 bits per heavy atom. The van der Waals surface area contributed by atoms with Crippen molar-refractivity contribution in [2.45, 2.75) is 27.2 Å². The highest BCUT2D eigenvalue weighted by atomic mass is 19.1. The number of benzene rings is 1. The molecule has 25 heavy (non-hydrogen) atoms. The van der Waals surface area contributed by atoms with E-state index in [9.17, 15) is 4.39 Å². The molecular formula is C19H30FN5. The first-order chi connectivity index (χ1) is 12.2. The number of guanidine groups is 1. The Hall–Kier alpha value is -2.08. The van der Waals surface area contributed by atoms with Crippen molar-refractivity contribution in [2.24, 2.45) is 4.99 Å². The van der Waals surface area contributed by atoms with Gasteiger partial charge < -0.3 is 20.5 Å². The van der Waals surface area contributed by atoms with Gasteiger partial charge in [-0.2, -0.15) is 0 Å². The molecule has 0 aliphatic carbocycles. The zero-order valence-electron chi connectivity index (χ0n) is 15.5. The number of nitrogens with zero attached hydrogens (tertiary/aromatic N) is 2. The fourth-order valence-electron chi connectivity index (χ4n) is 2.87. The van der Waals surface area contributed by atoms with Crippen molar-refractivity contribution in [3.05, 3.63) is 35.8 Å². The molecule has 0 aliphatic rings. The van der Waals surface area contributed by atoms with E-state index in [1.165, 1.54) is 17.7 Å². The number of rotatable bonds is 9. The lowest BCUT2D eigenvalue weighted by atomic mass is 10.1. The molecule has 5 nitrogen and oxygen atoms in total. The van der Waals surface area contributed by atoms with Crippen molar-refractivity contribution >= 4 is 16.9 Å². The third kappa shape index (κ3) is 5.74. The van der Waals surface area contributed by atoms with Crippen LogP contribution in [0, 0.1) is 5.82 Å². The van der Waals surface area contributed by atoms with E-state index in [-0.39, 0.29) is 5.82 Å². The topological polar surface area (TPSA) is 55.5 Å². The molecule has 0 atom stereocenters. The summed E-state index contributed by atoms with van der Waals surface area (Å²) in [6.07, 6.45) is 2.81. The van der Waals surface area contributed by atoms with E-state index < -0.39 is 0 Å². The van der Waals surface area contributed by atoms with Crippen LogP contribution >= 0.6 is 0 Å². The highest BCUT2D eigenvalue weighted by molar-refractivity contribution is 5.83. The molecule has 1 aromatic heterocycles. The van der Waals surface area contributed by atoms with Crippen LogP contribution < -0.4 is 10.6 Å². The first kappa shape index (κ1) is 19.2. The van der Waals surface area contributed by atoms with Gasteiger partial charge in [0, 0.05) is 36.7 Å². The van der Waals surface area contributed by atoms with Crippen molar-refractivity contribution in [2.75, 3.05) is 39.3 Å². The van der Waals surface area contributed by atoms with Gasteiger partial charge in [-0.05, 0) is 50.2 Å². The van der Waals surface area contributed by atoms with Gasteiger partial charge in [0.2, 0.25) is 0 Å². The van der Waals surface area contributed by atoms with E-state index in [1.54, 1.807) is 0 Å². The van der Waals surface area contributed by atoms with E-state index >= 15 is 0 Å². The van der Waals surface area contributed by atoms with E-state index in [2.05, 4.69) is 46.3 Å². The van der Waals surface area contributed by atoms with Crippen molar-refractivity contribution < 1.29 is 4.39 Å². The zero-order valence-corrected chi connectivity index (χ0v) is 15.5. The Bertz CT molecular complexity index is 676. The van der Waals surface area contributed by atoms with Gasteiger partial charge in [-0.15, -0.1) is 0 Å². The summed E-state index contributed by atoms with van der Waals surface area (Å²) in [5, 5.41) is 7.73. The maximum absolute atomic E-state index is 13.3. The van der Waals surface area contributed by atoms with Crippen LogP contribution in [0.2, 0.25) is 0 Å². The average Bonchev–Trinajstić information content (AvgIpc) is 3.00. The minimum atomic E-state index is -0.214. The highest BCUT2D eigenvalue weighted by Gasteiger charge is 2.05. The van der Waals surface area contributed by atoms with Crippen molar-refractivity contribution in [1.82, 2.24) is 20.5 Å². The van der Waals surface area contributed by atoms with Crippen LogP contribution in [-0.4, -0.2) is 55.1 Å². The van der Waals surface area contributed by atoms with Gasteiger partial charge in [0.25, 0.3) is 0 Å². The van der Waals surface area contributed by atoms with E-state index in [0.29, 0.717) is 0 Å². The molecule has 2 aromatic rings. The molecule has 0 amide bonds. The third-order valence-electron chi connectivity index (χ3n) is 4.34. The molecule has 0 saturated carbocycles. The fraction of sp³-hybridized carbons (Fsp3) is 0.526. The van der Waals surface area contributed by atoms with Gasteiger partial charge in [0.15, 0.2) is 5.96 Å². The molecule has 3 N–H and O–H groups in total. The molecule has 0 unspecified atom stereocenters. The Labute approximate surface area is 149 Å². The summed E-state index contributed by atoms with van der Waals surface area (Å²) in [5.74, 6) is 0.634. The Morgan fingerprint density at radius 1 is 1.20 bits per heavy atom. The largest absolute Gasteiger partial charge is 0.361 e. The number of aromatic amines is 1. The maximum atomic E-state index is 13.3. The molecule has 2 rings (SSSR count). The quantitative estimate of drug-likeness (QED) is 0.483. The number of halogens is 1. The van der Waals surface area contributed by atoms with Gasteiger partial charge in [0.05, 0.1) is 6.54 Å². The van der Waals surface area contributed by atoms with Crippen molar-refractivity contribution in [3.8, 4) is 0 Å². The molecule has 1 heterocycles. The summed E-state index contributed by atoms with van der Waals surface area (Å²) in [6.45, 7) is 11.9. The summed E-state index contributed by atoms with van der Waals surface area (Å²) >= 11 is 0. The summed E-state index contributed by atoms with van der Waals surface area (Å²) in [4.78, 5) is 10.1. The number of likely N-dealkylation sites (N-methyl/N-ethyl adjacent to an activating group) is 1. The van der Waals surface area contributed by atoms with Crippen LogP contribution in [0.1, 0.15) is 26.3 Å². The van der Waals surface area contributed by atoms with Crippen LogP contribution in [0.4, 0.5) is 4.39 Å². The van der Waals surface area contributed by atoms with Crippen LogP contribution in [0.15, 0.2) is 29.4 Å². The zero-order chi connectivity index (χ0) is 18.1. The molecule has 0 radical (unpaired) electrons. The number of aromatic nitrogens is 1. The Morgan fingerprint density at radius 3 is 2.72 bits per heavy atom. The number of fused-ring (bicyclic) bond motifs is 1. The lowest BCUT2D eigenvalue weighted by Gasteiger charge is -2.17. The minimum Gasteiger partial charge on any atom is -0.361 e. The molecule has 0 aliphatic heterocycles. The SMILES string of the molecule is CCNC(=NCCN(CC)CC)NCCc1c[nH]c2cc(F)ccc12. The number of hydrogen-bond acceptors (Lipinski definition) is 2. The predicted molar refractivity (Wildman–Crippen MR) is 104 cm³/mol. The van der Waals surface area contributed by atoms with Crippen molar-refractivity contribution in [1.29, 1.82) is 0 Å². The summed E-state index contributed by atoms with van der Waals surface area (Å²) in [7, 11) is 0. The second-order valence-corrected chi connectivity index (χ2v) is 5.97. The molecule has 1 aromatic carbocycles. The first-order valence-corrected chi connectivity index (χ1v) is 9.17. The van der Waals surface area contributed by atoms with Gasteiger partial charge in [-0.3, -0.25) is 4.99 Å². The number of H-pyrrole nitrogens is 1. The lowest BCUT2D eigenvalue weighted by molar-refractivity contribution is 0.313. The third-order valence-corrected chi connectivity index (χ3v) is 4.34. The normalized spacial score (nSPS) is 12.1. The summed E-state index contributed by atoms with van der Waals surface area (Å²) < 4.78 is 13.3. The van der Waals surface area contributed by atoms with E-state index in [4.69, 9.17) is 0 Å². The summed E-state index contributed by atoms with van der Waals surface area (Å²) in [5.41, 5.74) is 2.02. The van der Waals surface area contributed by atoms with Gasteiger partial charge in [-0.1, -0.05) is 13.8 Å². The molecule has 6 heteroatoms. The Kier molecular flexibility index (Phi) is 7.73. The molecule has 0 bridgehead atoms. The number of hydrogen-bond donors (Lipinski definition) is 3. The van der Waals surface area contributed by atoms with Gasteiger partial charge in [0.1, 0.15) is 5.82 Å². The van der Waals surface area contributed by atoms with E-state index in [1.807, 2.05) is 12.3 Å². The maximum Gasteiger partial charge on any atom is 0.191 e. The standard InChI is InChI=1S/C19H30FN5/c1-4-21-19(23-11-12-25(5-2)6-3)22-10-9-15-14-24-18-13-16(20)7-8-17(15)18/h7-8,13-14,24H,4-6,9-12H2,1-3H3,(H2,21,22,23). The summed E-state index contributed by atoms with van der Waals surface area (Å²) in [6, 6.07) is 4.87. The smallest absolute Gasteiger partial charge is 0.191 e.